The van der Waals surface area contributed by atoms with Crippen molar-refractivity contribution >= 4 is 22.2 Å². The Bertz CT molecular complexity index is 1300. The van der Waals surface area contributed by atoms with Crippen LogP contribution < -0.4 is 4.74 Å². The zero-order valence-corrected chi connectivity index (χ0v) is 19.7. The zero-order valence-electron chi connectivity index (χ0n) is 18.0. The van der Waals surface area contributed by atoms with Crippen molar-refractivity contribution in [1.29, 1.82) is 5.26 Å². The quantitative estimate of drug-likeness (QED) is 0.470. The normalized spacial score (nSPS) is 15.3. The van der Waals surface area contributed by atoms with Crippen LogP contribution in [-0.4, -0.2) is 60.2 Å². The third-order valence-corrected chi connectivity index (χ3v) is 7.51. The molecule has 0 spiro atoms. The van der Waals surface area contributed by atoms with Crippen LogP contribution in [0.1, 0.15) is 12.5 Å². The lowest BCUT2D eigenvalue weighted by atomic mass is 10.2. The highest BCUT2D eigenvalue weighted by atomic mass is 32.2. The third kappa shape index (κ3) is 5.15. The van der Waals surface area contributed by atoms with Crippen molar-refractivity contribution in [2.45, 2.75) is 18.5 Å². The van der Waals surface area contributed by atoms with Gasteiger partial charge < -0.3 is 9.15 Å². The smallest absolute Gasteiger partial charge is 0.288 e. The van der Waals surface area contributed by atoms with E-state index in [2.05, 4.69) is 10.00 Å². The Hall–Kier alpha value is -3.04. The van der Waals surface area contributed by atoms with Gasteiger partial charge in [0.25, 0.3) is 4.84 Å². The minimum absolute atomic E-state index is 0.189. The van der Waals surface area contributed by atoms with E-state index in [1.165, 1.54) is 28.6 Å². The Labute approximate surface area is 197 Å². The van der Waals surface area contributed by atoms with Crippen LogP contribution in [0, 0.1) is 16.2 Å². The number of rotatable bonds is 7. The topological polar surface area (TPSA) is 105 Å². The second kappa shape index (κ2) is 9.84. The third-order valence-electron chi connectivity index (χ3n) is 5.30. The molecule has 1 saturated heterocycles. The largest absolute Gasteiger partial charge is 0.494 e. The highest BCUT2D eigenvalue weighted by Crippen LogP contribution is 2.22. The monoisotopic (exact) mass is 485 g/mol. The number of nitrogens with zero attached hydrogens (tertiary/aromatic N) is 5. The molecular weight excluding hydrogens is 462 g/mol. The zero-order chi connectivity index (χ0) is 23.4. The number of ether oxygens (including phenoxy) is 1. The Morgan fingerprint density at radius 1 is 1.09 bits per heavy atom. The van der Waals surface area contributed by atoms with Gasteiger partial charge in [0, 0.05) is 31.7 Å². The van der Waals surface area contributed by atoms with Gasteiger partial charge in [-0.1, -0.05) is 0 Å². The van der Waals surface area contributed by atoms with E-state index < -0.39 is 10.0 Å². The summed E-state index contributed by atoms with van der Waals surface area (Å²) < 4.78 is 40.0. The molecule has 0 radical (unpaired) electrons. The number of hydrogen-bond donors (Lipinski definition) is 0. The molecule has 0 amide bonds. The predicted molar refractivity (Wildman–Crippen MR) is 123 cm³/mol. The van der Waals surface area contributed by atoms with Gasteiger partial charge in [-0.05, 0) is 67.7 Å². The highest BCUT2D eigenvalue weighted by Gasteiger charge is 2.28. The number of piperazine rings is 1. The first-order chi connectivity index (χ1) is 15.9. The molecule has 0 N–H and O–H groups in total. The number of nitriles is 1. The van der Waals surface area contributed by atoms with Crippen molar-refractivity contribution in [3.63, 3.8) is 0 Å². The van der Waals surface area contributed by atoms with Crippen molar-refractivity contribution in [2.24, 2.45) is 0 Å². The SMILES string of the molecule is CCOc1ccc(-c2nn(CN3CCN(S(=O)(=O)c4ccc(C#N)cc4)CC3)c(=S)o2)cc1. The highest BCUT2D eigenvalue weighted by molar-refractivity contribution is 7.89. The molecule has 4 rings (SSSR count). The van der Waals surface area contributed by atoms with Crippen LogP contribution in [0.25, 0.3) is 11.5 Å². The average Bonchev–Trinajstić information content (AvgIpc) is 3.20. The number of sulfonamides is 1. The van der Waals surface area contributed by atoms with Gasteiger partial charge in [-0.25, -0.2) is 13.1 Å². The summed E-state index contributed by atoms with van der Waals surface area (Å²) >= 11 is 5.33. The van der Waals surface area contributed by atoms with Crippen LogP contribution in [0.5, 0.6) is 5.75 Å². The first-order valence-corrected chi connectivity index (χ1v) is 12.3. The van der Waals surface area contributed by atoms with Crippen molar-refractivity contribution in [2.75, 3.05) is 32.8 Å². The van der Waals surface area contributed by atoms with Gasteiger partial charge in [0.2, 0.25) is 15.9 Å². The second-order valence-electron chi connectivity index (χ2n) is 7.43. The maximum Gasteiger partial charge on any atom is 0.288 e. The fraction of sp³-hybridized carbons (Fsp3) is 0.318. The van der Waals surface area contributed by atoms with Crippen molar-refractivity contribution in [3.8, 4) is 23.3 Å². The van der Waals surface area contributed by atoms with Crippen LogP contribution in [0.2, 0.25) is 0 Å². The Balaban J connectivity index is 1.39. The van der Waals surface area contributed by atoms with Gasteiger partial charge in [-0.15, -0.1) is 5.10 Å². The molecule has 1 fully saturated rings. The molecule has 0 unspecified atom stereocenters. The number of hydrogen-bond acceptors (Lipinski definition) is 8. The number of benzene rings is 2. The Kier molecular flexibility index (Phi) is 6.90. The van der Waals surface area contributed by atoms with Gasteiger partial charge in [0.15, 0.2) is 0 Å². The molecule has 33 heavy (non-hydrogen) atoms. The van der Waals surface area contributed by atoms with Crippen LogP contribution >= 0.6 is 12.2 Å². The molecule has 172 valence electrons. The average molecular weight is 486 g/mol. The van der Waals surface area contributed by atoms with E-state index in [0.717, 1.165) is 11.3 Å². The van der Waals surface area contributed by atoms with Crippen LogP contribution in [-0.2, 0) is 16.7 Å². The molecule has 1 aliphatic heterocycles. The molecule has 2 heterocycles. The van der Waals surface area contributed by atoms with E-state index in [0.29, 0.717) is 50.9 Å². The molecule has 0 bridgehead atoms. The first kappa shape index (κ1) is 23.1. The van der Waals surface area contributed by atoms with E-state index in [4.69, 9.17) is 26.6 Å². The maximum absolute atomic E-state index is 12.9. The molecule has 0 atom stereocenters. The van der Waals surface area contributed by atoms with Crippen LogP contribution in [0.15, 0.2) is 57.8 Å². The molecule has 0 aliphatic carbocycles. The predicted octanol–water partition coefficient (Wildman–Crippen LogP) is 3.11. The van der Waals surface area contributed by atoms with Crippen molar-refractivity contribution in [3.05, 3.63) is 58.9 Å². The summed E-state index contributed by atoms with van der Waals surface area (Å²) in [5.41, 5.74) is 1.22. The molecule has 0 saturated carbocycles. The Morgan fingerprint density at radius 2 is 1.76 bits per heavy atom. The lowest BCUT2D eigenvalue weighted by molar-refractivity contribution is 0.143. The summed E-state index contributed by atoms with van der Waals surface area (Å²) in [6.45, 7) is 4.68. The van der Waals surface area contributed by atoms with Crippen LogP contribution in [0.3, 0.4) is 0 Å². The fourth-order valence-electron chi connectivity index (χ4n) is 3.52. The second-order valence-corrected chi connectivity index (χ2v) is 9.72. The molecule has 3 aromatic rings. The minimum Gasteiger partial charge on any atom is -0.494 e. The molecule has 2 aromatic carbocycles. The van der Waals surface area contributed by atoms with E-state index in [1.54, 1.807) is 4.68 Å². The summed E-state index contributed by atoms with van der Waals surface area (Å²) in [5, 5.41) is 13.4. The standard InChI is InChI=1S/C22H23N5O4S2/c1-2-30-19-7-5-18(6-8-19)21-24-27(22(32)31-21)16-25-11-13-26(14-12-25)33(28,29)20-9-3-17(15-23)4-10-20/h3-10H,2,11-14,16H2,1H3. The molecule has 1 aliphatic rings. The molecular formula is C22H23N5O4S2. The Morgan fingerprint density at radius 3 is 2.36 bits per heavy atom. The molecule has 9 nitrogen and oxygen atoms in total. The van der Waals surface area contributed by atoms with Crippen molar-refractivity contribution in [1.82, 2.24) is 19.0 Å². The maximum atomic E-state index is 12.9. The lowest BCUT2D eigenvalue weighted by Gasteiger charge is -2.33. The van der Waals surface area contributed by atoms with Crippen molar-refractivity contribution < 1.29 is 17.6 Å². The van der Waals surface area contributed by atoms with Gasteiger partial charge in [0.1, 0.15) is 5.75 Å². The van der Waals surface area contributed by atoms with E-state index >= 15 is 0 Å². The lowest BCUT2D eigenvalue weighted by Crippen LogP contribution is -2.48. The van der Waals surface area contributed by atoms with Gasteiger partial charge >= 0.3 is 0 Å². The van der Waals surface area contributed by atoms with E-state index in [9.17, 15) is 8.42 Å². The summed E-state index contributed by atoms with van der Waals surface area (Å²) in [5.74, 6) is 1.19. The van der Waals surface area contributed by atoms with Gasteiger partial charge in [-0.2, -0.15) is 9.57 Å². The van der Waals surface area contributed by atoms with Gasteiger partial charge in [-0.3, -0.25) is 4.90 Å². The first-order valence-electron chi connectivity index (χ1n) is 10.4. The minimum atomic E-state index is -3.61. The summed E-state index contributed by atoms with van der Waals surface area (Å²) in [6, 6.07) is 15.4. The number of aromatic nitrogens is 2. The summed E-state index contributed by atoms with van der Waals surface area (Å²) in [4.78, 5) is 2.52. The fourth-order valence-corrected chi connectivity index (χ4v) is 5.12. The van der Waals surface area contributed by atoms with E-state index in [-0.39, 0.29) is 9.73 Å². The van der Waals surface area contributed by atoms with E-state index in [1.807, 2.05) is 37.3 Å². The summed E-state index contributed by atoms with van der Waals surface area (Å²) in [6.07, 6.45) is 0. The molecule has 11 heteroatoms. The van der Waals surface area contributed by atoms with Gasteiger partial charge in [0.05, 0.1) is 29.8 Å². The molecule has 1 aromatic heterocycles. The van der Waals surface area contributed by atoms with Crippen LogP contribution in [0.4, 0.5) is 0 Å². The summed E-state index contributed by atoms with van der Waals surface area (Å²) in [7, 11) is -3.61.